The van der Waals surface area contributed by atoms with Crippen LogP contribution in [0.5, 0.6) is 5.75 Å². The summed E-state index contributed by atoms with van der Waals surface area (Å²) in [4.78, 5) is 13.5. The average molecular weight is 295 g/mol. The van der Waals surface area contributed by atoms with Crippen LogP contribution in [0.4, 0.5) is 4.39 Å². The van der Waals surface area contributed by atoms with Crippen LogP contribution in [-0.4, -0.2) is 36.2 Å². The van der Waals surface area contributed by atoms with E-state index in [2.05, 4.69) is 0 Å². The average Bonchev–Trinajstić information content (AvgIpc) is 2.46. The number of aliphatic carboxylic acids is 1. The van der Waals surface area contributed by atoms with Crippen LogP contribution in [0.3, 0.4) is 0 Å². The van der Waals surface area contributed by atoms with Crippen molar-refractivity contribution in [3.63, 3.8) is 0 Å². The van der Waals surface area contributed by atoms with E-state index in [0.29, 0.717) is 24.3 Å². The molecule has 0 aromatic heterocycles. The van der Waals surface area contributed by atoms with Gasteiger partial charge in [-0.3, -0.25) is 9.69 Å². The van der Waals surface area contributed by atoms with Crippen molar-refractivity contribution < 1.29 is 19.0 Å². The third-order valence-corrected chi connectivity index (χ3v) is 4.44. The molecule has 1 heterocycles. The lowest BCUT2D eigenvalue weighted by Crippen LogP contribution is -2.47. The third-order valence-electron chi connectivity index (χ3n) is 4.44. The minimum Gasteiger partial charge on any atom is -0.496 e. The molecule has 1 aromatic rings. The fourth-order valence-corrected chi connectivity index (χ4v) is 3.07. The van der Waals surface area contributed by atoms with Crippen molar-refractivity contribution in [3.05, 3.63) is 29.6 Å². The Morgan fingerprint density at radius 1 is 1.52 bits per heavy atom. The predicted molar refractivity (Wildman–Crippen MR) is 77.9 cm³/mol. The van der Waals surface area contributed by atoms with Crippen molar-refractivity contribution in [2.45, 2.75) is 32.7 Å². The van der Waals surface area contributed by atoms with Crippen LogP contribution in [-0.2, 0) is 4.79 Å². The number of carboxylic acid groups (broad SMARTS) is 1. The number of likely N-dealkylation sites (tertiary alicyclic amines) is 1. The molecule has 0 saturated carbocycles. The van der Waals surface area contributed by atoms with Crippen LogP contribution < -0.4 is 4.74 Å². The minimum atomic E-state index is -0.792. The molecular formula is C16H22FNO3. The van der Waals surface area contributed by atoms with E-state index in [-0.39, 0.29) is 11.9 Å². The molecule has 21 heavy (non-hydrogen) atoms. The van der Waals surface area contributed by atoms with Crippen LogP contribution in [0.25, 0.3) is 0 Å². The lowest BCUT2D eigenvalue weighted by Gasteiger charge is -2.41. The summed E-state index contributed by atoms with van der Waals surface area (Å²) in [5.74, 6) is -0.602. The SMILES string of the molecule is COc1cccc(F)c1C(C)N1CCCC(C)(C(=O)O)C1. The van der Waals surface area contributed by atoms with Gasteiger partial charge in [-0.15, -0.1) is 0 Å². The Labute approximate surface area is 124 Å². The molecule has 2 atom stereocenters. The number of nitrogens with zero attached hydrogens (tertiary/aromatic N) is 1. The molecule has 0 spiro atoms. The highest BCUT2D eigenvalue weighted by Gasteiger charge is 2.40. The Bertz CT molecular complexity index is 534. The quantitative estimate of drug-likeness (QED) is 0.927. The monoisotopic (exact) mass is 295 g/mol. The molecule has 1 N–H and O–H groups in total. The second-order valence-corrected chi connectivity index (χ2v) is 5.97. The summed E-state index contributed by atoms with van der Waals surface area (Å²) in [5, 5.41) is 9.40. The van der Waals surface area contributed by atoms with Gasteiger partial charge in [-0.2, -0.15) is 0 Å². The number of benzene rings is 1. The minimum absolute atomic E-state index is 0.222. The van der Waals surface area contributed by atoms with Crippen LogP contribution in [0.1, 0.15) is 38.3 Å². The maximum absolute atomic E-state index is 14.2. The van der Waals surface area contributed by atoms with E-state index in [1.54, 1.807) is 19.1 Å². The van der Waals surface area contributed by atoms with Gasteiger partial charge in [0, 0.05) is 18.2 Å². The van der Waals surface area contributed by atoms with Crippen molar-refractivity contribution >= 4 is 5.97 Å². The number of hydrogen-bond acceptors (Lipinski definition) is 3. The molecule has 5 heteroatoms. The van der Waals surface area contributed by atoms with Gasteiger partial charge >= 0.3 is 5.97 Å². The molecule has 4 nitrogen and oxygen atoms in total. The number of carbonyl (C=O) groups is 1. The number of hydrogen-bond donors (Lipinski definition) is 1. The number of halogens is 1. The number of piperidine rings is 1. The van der Waals surface area contributed by atoms with Gasteiger partial charge in [0.15, 0.2) is 0 Å². The Hall–Kier alpha value is -1.62. The van der Waals surface area contributed by atoms with Crippen LogP contribution >= 0.6 is 0 Å². The van der Waals surface area contributed by atoms with E-state index in [1.165, 1.54) is 13.2 Å². The molecular weight excluding hydrogens is 273 g/mol. The van der Waals surface area contributed by atoms with Crippen molar-refractivity contribution in [3.8, 4) is 5.75 Å². The maximum Gasteiger partial charge on any atom is 0.310 e. The molecule has 2 rings (SSSR count). The first-order chi connectivity index (χ1) is 9.89. The van der Waals surface area contributed by atoms with Gasteiger partial charge in [-0.05, 0) is 45.4 Å². The molecule has 0 radical (unpaired) electrons. The Morgan fingerprint density at radius 3 is 2.86 bits per heavy atom. The van der Waals surface area contributed by atoms with E-state index in [4.69, 9.17) is 4.74 Å². The second kappa shape index (κ2) is 6.02. The van der Waals surface area contributed by atoms with Gasteiger partial charge < -0.3 is 9.84 Å². The van der Waals surface area contributed by atoms with Crippen LogP contribution in [0.15, 0.2) is 18.2 Å². The van der Waals surface area contributed by atoms with Crippen molar-refractivity contribution in [2.24, 2.45) is 5.41 Å². The molecule has 2 unspecified atom stereocenters. The second-order valence-electron chi connectivity index (χ2n) is 5.97. The molecule has 0 aliphatic carbocycles. The molecule has 1 aliphatic heterocycles. The zero-order chi connectivity index (χ0) is 15.6. The Kier molecular flexibility index (Phi) is 4.52. The zero-order valence-electron chi connectivity index (χ0n) is 12.7. The molecule has 1 saturated heterocycles. The number of rotatable bonds is 4. The van der Waals surface area contributed by atoms with Gasteiger partial charge in [0.25, 0.3) is 0 Å². The van der Waals surface area contributed by atoms with E-state index >= 15 is 0 Å². The van der Waals surface area contributed by atoms with E-state index in [0.717, 1.165) is 13.0 Å². The van der Waals surface area contributed by atoms with E-state index < -0.39 is 11.4 Å². The smallest absolute Gasteiger partial charge is 0.310 e. The van der Waals surface area contributed by atoms with Crippen LogP contribution in [0, 0.1) is 11.2 Å². The molecule has 1 aliphatic rings. The zero-order valence-corrected chi connectivity index (χ0v) is 12.7. The predicted octanol–water partition coefficient (Wildman–Crippen LogP) is 3.08. The lowest BCUT2D eigenvalue weighted by atomic mass is 9.81. The summed E-state index contributed by atoms with van der Waals surface area (Å²) >= 11 is 0. The number of ether oxygens (including phenoxy) is 1. The highest BCUT2D eigenvalue weighted by Crippen LogP contribution is 2.37. The standard InChI is InChI=1S/C16H22FNO3/c1-11(14-12(17)6-4-7-13(14)21-3)18-9-5-8-16(2,10-18)15(19)20/h4,6-7,11H,5,8-10H2,1-3H3,(H,19,20). The Balaban J connectivity index is 2.28. The third kappa shape index (κ3) is 3.02. The first-order valence-corrected chi connectivity index (χ1v) is 7.19. The number of carboxylic acids is 1. The molecule has 0 bridgehead atoms. The first-order valence-electron chi connectivity index (χ1n) is 7.19. The summed E-state index contributed by atoms with van der Waals surface area (Å²) in [7, 11) is 1.52. The van der Waals surface area contributed by atoms with Crippen molar-refractivity contribution in [1.29, 1.82) is 0 Å². The molecule has 1 aromatic carbocycles. The fraction of sp³-hybridized carbons (Fsp3) is 0.562. The largest absolute Gasteiger partial charge is 0.496 e. The maximum atomic E-state index is 14.2. The van der Waals surface area contributed by atoms with Gasteiger partial charge in [-0.25, -0.2) is 4.39 Å². The molecule has 0 amide bonds. The summed E-state index contributed by atoms with van der Waals surface area (Å²) in [5.41, 5.74) is -0.278. The summed E-state index contributed by atoms with van der Waals surface area (Å²) < 4.78 is 19.4. The summed E-state index contributed by atoms with van der Waals surface area (Å²) in [6, 6.07) is 4.53. The highest BCUT2D eigenvalue weighted by atomic mass is 19.1. The van der Waals surface area contributed by atoms with Gasteiger partial charge in [0.1, 0.15) is 11.6 Å². The van der Waals surface area contributed by atoms with Gasteiger partial charge in [-0.1, -0.05) is 6.07 Å². The summed E-state index contributed by atoms with van der Waals surface area (Å²) in [6.07, 6.45) is 1.45. The van der Waals surface area contributed by atoms with Crippen LogP contribution in [0.2, 0.25) is 0 Å². The van der Waals surface area contributed by atoms with Crippen molar-refractivity contribution in [2.75, 3.05) is 20.2 Å². The van der Waals surface area contributed by atoms with Crippen molar-refractivity contribution in [1.82, 2.24) is 4.90 Å². The first kappa shape index (κ1) is 15.8. The van der Waals surface area contributed by atoms with Gasteiger partial charge in [0.05, 0.1) is 12.5 Å². The number of methoxy groups -OCH3 is 1. The van der Waals surface area contributed by atoms with E-state index in [1.807, 2.05) is 11.8 Å². The van der Waals surface area contributed by atoms with E-state index in [9.17, 15) is 14.3 Å². The molecule has 116 valence electrons. The molecule has 1 fully saturated rings. The topological polar surface area (TPSA) is 49.8 Å². The highest BCUT2D eigenvalue weighted by molar-refractivity contribution is 5.74. The fourth-order valence-electron chi connectivity index (χ4n) is 3.07. The normalized spacial score (nSPS) is 24.6. The summed E-state index contributed by atoms with van der Waals surface area (Å²) in [6.45, 7) is 4.84. The lowest BCUT2D eigenvalue weighted by molar-refractivity contribution is -0.151. The Morgan fingerprint density at radius 2 is 2.24 bits per heavy atom. The van der Waals surface area contributed by atoms with Gasteiger partial charge in [0.2, 0.25) is 0 Å².